The van der Waals surface area contributed by atoms with Gasteiger partial charge in [0.05, 0.1) is 0 Å². The first-order chi connectivity index (χ1) is 10.1. The van der Waals surface area contributed by atoms with Crippen LogP contribution in [0.15, 0.2) is 24.3 Å². The molecule has 1 aromatic rings. The maximum Gasteiger partial charge on any atom is 0.120 e. The minimum atomic E-state index is 0.130. The smallest absolute Gasteiger partial charge is 0.120 e. The van der Waals surface area contributed by atoms with Crippen molar-refractivity contribution in [2.75, 3.05) is 6.54 Å². The Bertz CT molecular complexity index is 445. The molecule has 0 unspecified atom stereocenters. The summed E-state index contributed by atoms with van der Waals surface area (Å²) in [6, 6.07) is 8.56. The van der Waals surface area contributed by atoms with Gasteiger partial charge in [-0.2, -0.15) is 0 Å². The molecule has 1 rings (SSSR count). The van der Waals surface area contributed by atoms with E-state index in [4.69, 9.17) is 4.74 Å². The predicted molar refractivity (Wildman–Crippen MR) is 96.7 cm³/mol. The molecule has 22 heavy (non-hydrogen) atoms. The van der Waals surface area contributed by atoms with Gasteiger partial charge in [0.15, 0.2) is 0 Å². The monoisotopic (exact) mass is 305 g/mol. The van der Waals surface area contributed by atoms with Gasteiger partial charge in [0, 0.05) is 12.1 Å². The van der Waals surface area contributed by atoms with Crippen LogP contribution in [0.1, 0.15) is 66.9 Å². The molecule has 126 valence electrons. The molecule has 0 aliphatic carbocycles. The van der Waals surface area contributed by atoms with Crippen molar-refractivity contribution in [1.29, 1.82) is 0 Å². The molecule has 0 aliphatic rings. The number of hydrogen-bond donors (Lipinski definition) is 1. The van der Waals surface area contributed by atoms with E-state index in [1.165, 1.54) is 18.4 Å². The summed E-state index contributed by atoms with van der Waals surface area (Å²) in [5.41, 5.74) is 1.92. The van der Waals surface area contributed by atoms with Gasteiger partial charge in [-0.25, -0.2) is 0 Å². The van der Waals surface area contributed by atoms with Crippen LogP contribution in [0.25, 0.3) is 0 Å². The SMILES string of the molecule is CCC(C)(C)CCc1cccc(O[C@@H](C)CNC(C)(C)C)c1. The Morgan fingerprint density at radius 3 is 2.41 bits per heavy atom. The number of ether oxygens (including phenoxy) is 1. The lowest BCUT2D eigenvalue weighted by Gasteiger charge is -2.24. The highest BCUT2D eigenvalue weighted by Crippen LogP contribution is 2.27. The minimum Gasteiger partial charge on any atom is -0.489 e. The maximum atomic E-state index is 6.05. The molecule has 0 saturated carbocycles. The maximum absolute atomic E-state index is 6.05. The quantitative estimate of drug-likeness (QED) is 0.711. The first-order valence-electron chi connectivity index (χ1n) is 8.62. The van der Waals surface area contributed by atoms with Crippen LogP contribution >= 0.6 is 0 Å². The van der Waals surface area contributed by atoms with Crippen molar-refractivity contribution in [2.24, 2.45) is 5.41 Å². The molecule has 0 aromatic heterocycles. The lowest BCUT2D eigenvalue weighted by Crippen LogP contribution is -2.41. The van der Waals surface area contributed by atoms with Gasteiger partial charge in [0.25, 0.3) is 0 Å². The molecular weight excluding hydrogens is 270 g/mol. The fourth-order valence-corrected chi connectivity index (χ4v) is 2.16. The zero-order chi connectivity index (χ0) is 16.8. The van der Waals surface area contributed by atoms with Gasteiger partial charge >= 0.3 is 0 Å². The second-order valence-corrected chi connectivity index (χ2v) is 8.22. The average Bonchev–Trinajstić information content (AvgIpc) is 2.43. The third-order valence-corrected chi connectivity index (χ3v) is 4.20. The predicted octanol–water partition coefficient (Wildman–Crippen LogP) is 5.21. The molecule has 0 spiro atoms. The van der Waals surface area contributed by atoms with E-state index < -0.39 is 0 Å². The van der Waals surface area contributed by atoms with E-state index in [0.717, 1.165) is 18.7 Å². The highest BCUT2D eigenvalue weighted by molar-refractivity contribution is 5.28. The van der Waals surface area contributed by atoms with Gasteiger partial charge in [0.2, 0.25) is 0 Å². The molecule has 0 heterocycles. The summed E-state index contributed by atoms with van der Waals surface area (Å²) in [6.45, 7) is 16.5. The Balaban J connectivity index is 2.53. The molecule has 1 aromatic carbocycles. The van der Waals surface area contributed by atoms with Crippen LogP contribution in [0.5, 0.6) is 5.75 Å². The van der Waals surface area contributed by atoms with Crippen LogP contribution in [0.2, 0.25) is 0 Å². The van der Waals surface area contributed by atoms with Crippen LogP contribution in [-0.2, 0) is 6.42 Å². The van der Waals surface area contributed by atoms with Crippen molar-refractivity contribution in [3.05, 3.63) is 29.8 Å². The summed E-state index contributed by atoms with van der Waals surface area (Å²) in [4.78, 5) is 0. The van der Waals surface area contributed by atoms with E-state index in [1.807, 2.05) is 0 Å². The summed E-state index contributed by atoms with van der Waals surface area (Å²) in [6.07, 6.45) is 3.72. The fourth-order valence-electron chi connectivity index (χ4n) is 2.16. The Hall–Kier alpha value is -1.02. The number of aryl methyl sites for hydroxylation is 1. The molecule has 0 bridgehead atoms. The molecule has 1 atom stereocenters. The van der Waals surface area contributed by atoms with Gasteiger partial charge in [-0.1, -0.05) is 39.3 Å². The van der Waals surface area contributed by atoms with Crippen molar-refractivity contribution in [1.82, 2.24) is 5.32 Å². The van der Waals surface area contributed by atoms with Crippen LogP contribution in [0.3, 0.4) is 0 Å². The molecule has 2 nitrogen and oxygen atoms in total. The van der Waals surface area contributed by atoms with Crippen molar-refractivity contribution in [3.63, 3.8) is 0 Å². The van der Waals surface area contributed by atoms with E-state index in [9.17, 15) is 0 Å². The van der Waals surface area contributed by atoms with E-state index >= 15 is 0 Å². The van der Waals surface area contributed by atoms with Crippen LogP contribution in [0.4, 0.5) is 0 Å². The first kappa shape index (κ1) is 19.0. The van der Waals surface area contributed by atoms with E-state index in [1.54, 1.807) is 0 Å². The van der Waals surface area contributed by atoms with Gasteiger partial charge < -0.3 is 10.1 Å². The molecule has 0 saturated heterocycles. The molecular formula is C20H35NO. The first-order valence-corrected chi connectivity index (χ1v) is 8.62. The number of benzene rings is 1. The molecule has 1 N–H and O–H groups in total. The Labute approximate surface area is 137 Å². The van der Waals surface area contributed by atoms with Crippen molar-refractivity contribution < 1.29 is 4.74 Å². The topological polar surface area (TPSA) is 21.3 Å². The van der Waals surface area contributed by atoms with Crippen LogP contribution in [0, 0.1) is 5.41 Å². The Kier molecular flexibility index (Phi) is 6.93. The highest BCUT2D eigenvalue weighted by atomic mass is 16.5. The third kappa shape index (κ3) is 7.84. The van der Waals surface area contributed by atoms with Gasteiger partial charge in [-0.15, -0.1) is 0 Å². The molecule has 0 aliphatic heterocycles. The zero-order valence-electron chi connectivity index (χ0n) is 15.6. The normalized spacial score (nSPS) is 14.0. The Morgan fingerprint density at radius 2 is 1.82 bits per heavy atom. The van der Waals surface area contributed by atoms with E-state index in [0.29, 0.717) is 5.41 Å². The standard InChI is InChI=1S/C20H35NO/c1-8-20(6,7)13-12-17-10-9-11-18(14-17)22-16(2)15-21-19(3,4)5/h9-11,14,16,21H,8,12-13,15H2,1-7H3/t16-/m0/s1. The van der Waals surface area contributed by atoms with Crippen LogP contribution in [-0.4, -0.2) is 18.2 Å². The second kappa shape index (κ2) is 8.01. The number of rotatable bonds is 8. The third-order valence-electron chi connectivity index (χ3n) is 4.20. The van der Waals surface area contributed by atoms with Crippen molar-refractivity contribution in [3.8, 4) is 5.75 Å². The van der Waals surface area contributed by atoms with Gasteiger partial charge in [0.1, 0.15) is 11.9 Å². The largest absolute Gasteiger partial charge is 0.489 e. The van der Waals surface area contributed by atoms with Crippen molar-refractivity contribution >= 4 is 0 Å². The summed E-state index contributed by atoms with van der Waals surface area (Å²) < 4.78 is 6.05. The molecule has 2 heteroatoms. The number of hydrogen-bond acceptors (Lipinski definition) is 2. The van der Waals surface area contributed by atoms with Crippen LogP contribution < -0.4 is 10.1 Å². The number of nitrogens with one attached hydrogen (secondary N) is 1. The summed E-state index contributed by atoms with van der Waals surface area (Å²) >= 11 is 0. The summed E-state index contributed by atoms with van der Waals surface area (Å²) in [5, 5.41) is 3.48. The van der Waals surface area contributed by atoms with Gasteiger partial charge in [-0.3, -0.25) is 0 Å². The summed E-state index contributed by atoms with van der Waals surface area (Å²) in [7, 11) is 0. The van der Waals surface area contributed by atoms with E-state index in [-0.39, 0.29) is 11.6 Å². The molecule has 0 amide bonds. The lowest BCUT2D eigenvalue weighted by atomic mass is 9.84. The van der Waals surface area contributed by atoms with Crippen molar-refractivity contribution in [2.45, 2.75) is 79.4 Å². The van der Waals surface area contributed by atoms with E-state index in [2.05, 4.69) is 78.0 Å². The Morgan fingerprint density at radius 1 is 1.14 bits per heavy atom. The lowest BCUT2D eigenvalue weighted by molar-refractivity contribution is 0.203. The summed E-state index contributed by atoms with van der Waals surface area (Å²) in [5.74, 6) is 0.981. The fraction of sp³-hybridized carbons (Fsp3) is 0.700. The highest BCUT2D eigenvalue weighted by Gasteiger charge is 2.15. The van der Waals surface area contributed by atoms with Gasteiger partial charge in [-0.05, 0) is 63.6 Å². The molecule has 0 fully saturated rings. The second-order valence-electron chi connectivity index (χ2n) is 8.22. The zero-order valence-corrected chi connectivity index (χ0v) is 15.6. The average molecular weight is 306 g/mol. The molecule has 0 radical (unpaired) electrons. The minimum absolute atomic E-state index is 0.130.